The molecule has 0 aliphatic heterocycles. The van der Waals surface area contributed by atoms with Gasteiger partial charge in [0.05, 0.1) is 11.9 Å². The molecule has 2 aromatic carbocycles. The SMILES string of the molecule is Cc1c(Cl)cccc1NC(=O)c1cnn2c(C(F)(F)F)cc(-c3ccc(C(C)C)cc3)nc12. The first-order valence-electron chi connectivity index (χ1n) is 10.2. The molecule has 0 saturated heterocycles. The smallest absolute Gasteiger partial charge is 0.322 e. The van der Waals surface area contributed by atoms with Gasteiger partial charge in [0.2, 0.25) is 0 Å². The summed E-state index contributed by atoms with van der Waals surface area (Å²) >= 11 is 6.10. The van der Waals surface area contributed by atoms with Gasteiger partial charge in [-0.15, -0.1) is 0 Å². The second-order valence-electron chi connectivity index (χ2n) is 7.96. The van der Waals surface area contributed by atoms with Crippen LogP contribution in [0.3, 0.4) is 0 Å². The number of rotatable bonds is 4. The van der Waals surface area contributed by atoms with Gasteiger partial charge in [-0.2, -0.15) is 18.3 Å². The van der Waals surface area contributed by atoms with Crippen LogP contribution in [-0.2, 0) is 6.18 Å². The van der Waals surface area contributed by atoms with Crippen LogP contribution in [0.1, 0.15) is 46.9 Å². The highest BCUT2D eigenvalue weighted by Crippen LogP contribution is 2.33. The molecule has 0 radical (unpaired) electrons. The van der Waals surface area contributed by atoms with Gasteiger partial charge in [-0.25, -0.2) is 9.50 Å². The zero-order chi connectivity index (χ0) is 23.9. The average molecular weight is 473 g/mol. The summed E-state index contributed by atoms with van der Waals surface area (Å²) < 4.78 is 42.1. The number of carbonyl (C=O) groups is 1. The van der Waals surface area contributed by atoms with E-state index in [1.165, 1.54) is 0 Å². The summed E-state index contributed by atoms with van der Waals surface area (Å²) in [4.78, 5) is 17.3. The Morgan fingerprint density at radius 2 is 1.82 bits per heavy atom. The maximum atomic E-state index is 13.8. The van der Waals surface area contributed by atoms with E-state index in [-0.39, 0.29) is 22.8 Å². The lowest BCUT2D eigenvalue weighted by molar-refractivity contribution is -0.142. The minimum atomic E-state index is -4.70. The number of carbonyl (C=O) groups excluding carboxylic acids is 1. The van der Waals surface area contributed by atoms with Crippen molar-refractivity contribution in [3.05, 3.63) is 82.1 Å². The fraction of sp³-hybridized carbons (Fsp3) is 0.208. The van der Waals surface area contributed by atoms with E-state index in [0.29, 0.717) is 26.4 Å². The van der Waals surface area contributed by atoms with Gasteiger partial charge in [0.15, 0.2) is 11.3 Å². The molecule has 0 aliphatic carbocycles. The Kier molecular flexibility index (Phi) is 5.88. The van der Waals surface area contributed by atoms with Crippen molar-refractivity contribution in [3.63, 3.8) is 0 Å². The number of nitrogens with one attached hydrogen (secondary N) is 1. The highest BCUT2D eigenvalue weighted by Gasteiger charge is 2.36. The van der Waals surface area contributed by atoms with Gasteiger partial charge in [-0.3, -0.25) is 4.79 Å². The molecule has 4 rings (SSSR count). The second-order valence-corrected chi connectivity index (χ2v) is 8.37. The van der Waals surface area contributed by atoms with Gasteiger partial charge < -0.3 is 5.32 Å². The molecule has 0 bridgehead atoms. The average Bonchev–Trinajstić information content (AvgIpc) is 3.19. The van der Waals surface area contributed by atoms with Crippen LogP contribution >= 0.6 is 11.6 Å². The molecular weight excluding hydrogens is 453 g/mol. The van der Waals surface area contributed by atoms with E-state index in [1.807, 2.05) is 26.0 Å². The number of alkyl halides is 3. The fourth-order valence-corrected chi connectivity index (χ4v) is 3.62. The third-order valence-electron chi connectivity index (χ3n) is 5.40. The lowest BCUT2D eigenvalue weighted by atomic mass is 10.0. The predicted octanol–water partition coefficient (Wildman–Crippen LogP) is 6.75. The number of fused-ring (bicyclic) bond motifs is 1. The number of hydrogen-bond donors (Lipinski definition) is 1. The molecule has 1 amide bonds. The van der Waals surface area contributed by atoms with E-state index in [2.05, 4.69) is 15.4 Å². The van der Waals surface area contributed by atoms with Crippen LogP contribution in [0.5, 0.6) is 0 Å². The zero-order valence-corrected chi connectivity index (χ0v) is 18.8. The number of aromatic nitrogens is 3. The zero-order valence-electron chi connectivity index (χ0n) is 18.0. The molecule has 9 heteroatoms. The molecule has 1 N–H and O–H groups in total. The first-order valence-corrected chi connectivity index (χ1v) is 10.6. The molecule has 0 fully saturated rings. The van der Waals surface area contributed by atoms with Crippen molar-refractivity contribution in [2.75, 3.05) is 5.32 Å². The molecule has 0 saturated carbocycles. The Hall–Kier alpha value is -3.39. The van der Waals surface area contributed by atoms with Crippen molar-refractivity contribution >= 4 is 28.8 Å². The topological polar surface area (TPSA) is 59.3 Å². The molecule has 5 nitrogen and oxygen atoms in total. The Balaban J connectivity index is 1.83. The van der Waals surface area contributed by atoms with E-state index in [1.54, 1.807) is 37.3 Å². The van der Waals surface area contributed by atoms with E-state index < -0.39 is 17.8 Å². The van der Waals surface area contributed by atoms with Crippen LogP contribution in [0.4, 0.5) is 18.9 Å². The standard InChI is InChI=1S/C24H20ClF3N4O/c1-13(2)15-7-9-16(10-8-15)20-11-21(24(26,27)28)32-22(30-20)17(12-29-32)23(33)31-19-6-4-5-18(25)14(19)3/h4-13H,1-3H3,(H,31,33). The molecule has 4 aromatic rings. The molecular formula is C24H20ClF3N4O. The lowest BCUT2D eigenvalue weighted by Crippen LogP contribution is -2.16. The van der Waals surface area contributed by atoms with Crippen molar-refractivity contribution in [1.82, 2.24) is 14.6 Å². The second kappa shape index (κ2) is 8.51. The van der Waals surface area contributed by atoms with Crippen molar-refractivity contribution in [2.45, 2.75) is 32.9 Å². The third-order valence-corrected chi connectivity index (χ3v) is 5.81. The number of amides is 1. The van der Waals surface area contributed by atoms with Gasteiger partial charge in [0.25, 0.3) is 5.91 Å². The monoisotopic (exact) mass is 472 g/mol. The number of halogens is 4. The summed E-state index contributed by atoms with van der Waals surface area (Å²) in [5.41, 5.74) is 1.45. The maximum absolute atomic E-state index is 13.8. The van der Waals surface area contributed by atoms with Gasteiger partial charge in [0.1, 0.15) is 5.56 Å². The van der Waals surface area contributed by atoms with E-state index in [4.69, 9.17) is 11.6 Å². The van der Waals surface area contributed by atoms with Crippen molar-refractivity contribution in [3.8, 4) is 11.3 Å². The summed E-state index contributed by atoms with van der Waals surface area (Å²) in [6.07, 6.45) is -3.62. The normalized spacial score (nSPS) is 11.9. The van der Waals surface area contributed by atoms with Crippen LogP contribution in [-0.4, -0.2) is 20.5 Å². The molecule has 170 valence electrons. The van der Waals surface area contributed by atoms with E-state index in [0.717, 1.165) is 17.8 Å². The molecule has 2 aromatic heterocycles. The molecule has 0 atom stereocenters. The Labute approximate surface area is 193 Å². The minimum Gasteiger partial charge on any atom is -0.322 e. The quantitative estimate of drug-likeness (QED) is 0.357. The summed E-state index contributed by atoms with van der Waals surface area (Å²) in [7, 11) is 0. The van der Waals surface area contributed by atoms with Crippen LogP contribution < -0.4 is 5.32 Å². The van der Waals surface area contributed by atoms with Crippen molar-refractivity contribution in [2.24, 2.45) is 0 Å². The highest BCUT2D eigenvalue weighted by molar-refractivity contribution is 6.31. The maximum Gasteiger partial charge on any atom is 0.433 e. The van der Waals surface area contributed by atoms with E-state index in [9.17, 15) is 18.0 Å². The third kappa shape index (κ3) is 4.43. The van der Waals surface area contributed by atoms with Gasteiger partial charge >= 0.3 is 6.18 Å². The summed E-state index contributed by atoms with van der Waals surface area (Å²) in [5, 5.41) is 6.95. The minimum absolute atomic E-state index is 0.0828. The van der Waals surface area contributed by atoms with Crippen LogP contribution in [0.2, 0.25) is 5.02 Å². The Bertz CT molecular complexity index is 1340. The molecule has 2 heterocycles. The van der Waals surface area contributed by atoms with Crippen molar-refractivity contribution < 1.29 is 18.0 Å². The summed E-state index contributed by atoms with van der Waals surface area (Å²) in [6, 6.07) is 13.1. The van der Waals surface area contributed by atoms with Crippen LogP contribution in [0.15, 0.2) is 54.7 Å². The van der Waals surface area contributed by atoms with Crippen LogP contribution in [0.25, 0.3) is 16.9 Å². The number of benzene rings is 2. The van der Waals surface area contributed by atoms with Crippen LogP contribution in [0, 0.1) is 6.92 Å². The highest BCUT2D eigenvalue weighted by atomic mass is 35.5. The summed E-state index contributed by atoms with van der Waals surface area (Å²) in [5.74, 6) is -0.358. The molecule has 0 unspecified atom stereocenters. The first-order chi connectivity index (χ1) is 15.6. The molecule has 0 aliphatic rings. The number of nitrogens with zero attached hydrogens (tertiary/aromatic N) is 3. The Morgan fingerprint density at radius 1 is 1.12 bits per heavy atom. The molecule has 33 heavy (non-hydrogen) atoms. The van der Waals surface area contributed by atoms with Crippen molar-refractivity contribution in [1.29, 1.82) is 0 Å². The summed E-state index contributed by atoms with van der Waals surface area (Å²) in [6.45, 7) is 5.78. The van der Waals surface area contributed by atoms with Gasteiger partial charge in [-0.05, 0) is 42.2 Å². The Morgan fingerprint density at radius 3 is 2.45 bits per heavy atom. The lowest BCUT2D eigenvalue weighted by Gasteiger charge is -2.13. The number of hydrogen-bond acceptors (Lipinski definition) is 3. The largest absolute Gasteiger partial charge is 0.433 e. The van der Waals surface area contributed by atoms with Gasteiger partial charge in [-0.1, -0.05) is 55.8 Å². The predicted molar refractivity (Wildman–Crippen MR) is 122 cm³/mol. The fourth-order valence-electron chi connectivity index (χ4n) is 3.44. The number of anilines is 1. The van der Waals surface area contributed by atoms with Gasteiger partial charge in [0, 0.05) is 16.3 Å². The van der Waals surface area contributed by atoms with E-state index >= 15 is 0 Å². The first kappa shape index (κ1) is 22.8. The molecule has 0 spiro atoms.